The molecule has 2 heterocycles. The van der Waals surface area contributed by atoms with Gasteiger partial charge in [-0.25, -0.2) is 23.4 Å². The van der Waals surface area contributed by atoms with Gasteiger partial charge in [-0.2, -0.15) is 4.98 Å². The molecule has 0 aliphatic heterocycles. The van der Waals surface area contributed by atoms with Crippen molar-refractivity contribution in [3.05, 3.63) is 47.5 Å². The minimum atomic E-state index is -3.64. The molecule has 1 N–H and O–H groups in total. The lowest BCUT2D eigenvalue weighted by molar-refractivity contribution is 0.197. The van der Waals surface area contributed by atoms with Crippen LogP contribution in [0.5, 0.6) is 29.1 Å². The van der Waals surface area contributed by atoms with Crippen molar-refractivity contribution in [2.24, 2.45) is 0 Å². The van der Waals surface area contributed by atoms with Gasteiger partial charge in [0.15, 0.2) is 17.3 Å². The first kappa shape index (κ1) is 23.5. The number of rotatable bonds is 11. The maximum absolute atomic E-state index is 12.1. The van der Waals surface area contributed by atoms with E-state index in [1.165, 1.54) is 14.0 Å². The highest BCUT2D eigenvalue weighted by Gasteiger charge is 2.21. The number of methoxy groups -OCH3 is 1. The Morgan fingerprint density at radius 1 is 1.00 bits per heavy atom. The Balaban J connectivity index is 1.81. The number of nitrogens with one attached hydrogen (secondary N) is 1. The first-order valence-electron chi connectivity index (χ1n) is 9.31. The van der Waals surface area contributed by atoms with Crippen LogP contribution in [0.3, 0.4) is 0 Å². The van der Waals surface area contributed by atoms with E-state index >= 15 is 0 Å². The topological polar surface area (TPSA) is 135 Å². The van der Waals surface area contributed by atoms with Crippen LogP contribution in [0.25, 0.3) is 0 Å². The second-order valence-electron chi connectivity index (χ2n) is 6.00. The Hall–Kier alpha value is -3.19. The molecule has 13 heteroatoms. The largest absolute Gasteiger partial charge is 0.493 e. The van der Waals surface area contributed by atoms with Crippen LogP contribution >= 0.6 is 15.9 Å². The molecule has 0 amide bonds. The summed E-state index contributed by atoms with van der Waals surface area (Å²) in [5, 5.41) is 0. The smallest absolute Gasteiger partial charge is 0.316 e. The molecule has 1 aromatic carbocycles. The summed E-state index contributed by atoms with van der Waals surface area (Å²) in [7, 11) is -2.15. The van der Waals surface area contributed by atoms with E-state index in [1.54, 1.807) is 36.7 Å². The third-order valence-electron chi connectivity index (χ3n) is 3.83. The van der Waals surface area contributed by atoms with E-state index in [0.717, 1.165) is 10.8 Å². The van der Waals surface area contributed by atoms with E-state index in [0.29, 0.717) is 11.5 Å². The molecule has 0 aliphatic rings. The molecule has 0 atom stereocenters. The zero-order chi connectivity index (χ0) is 23.0. The van der Waals surface area contributed by atoms with Crippen molar-refractivity contribution in [3.63, 3.8) is 0 Å². The van der Waals surface area contributed by atoms with Gasteiger partial charge in [-0.1, -0.05) is 12.1 Å². The van der Waals surface area contributed by atoms with Gasteiger partial charge in [-0.15, -0.1) is 0 Å². The lowest BCUT2D eigenvalue weighted by Gasteiger charge is -2.16. The number of hydrogen-bond acceptors (Lipinski definition) is 10. The number of nitrogens with zero attached hydrogens (tertiary/aromatic N) is 4. The van der Waals surface area contributed by atoms with Gasteiger partial charge in [0.25, 0.3) is 5.88 Å². The Morgan fingerprint density at radius 2 is 1.69 bits per heavy atom. The zero-order valence-corrected chi connectivity index (χ0v) is 19.6. The number of halogens is 1. The van der Waals surface area contributed by atoms with E-state index < -0.39 is 10.0 Å². The number of aromatic nitrogens is 4. The lowest BCUT2D eigenvalue weighted by Crippen LogP contribution is -2.17. The number of ether oxygens (including phenoxy) is 4. The molecule has 170 valence electrons. The van der Waals surface area contributed by atoms with E-state index in [2.05, 4.69) is 40.6 Å². The minimum Gasteiger partial charge on any atom is -0.493 e. The van der Waals surface area contributed by atoms with Crippen LogP contribution in [-0.4, -0.2) is 54.4 Å². The standard InChI is InChI=1S/C19H20BrN5O6S/c1-3-32(26,27)25-17-16(31-15-7-5-4-6-14(15)28-2)18(24-12-23-17)29-8-9-30-19-21-10-13(20)11-22-19/h4-7,10-12H,3,8-9H2,1-2H3,(H,23,24,25). The number of hydrogen-bond donors (Lipinski definition) is 1. The van der Waals surface area contributed by atoms with Gasteiger partial charge < -0.3 is 18.9 Å². The van der Waals surface area contributed by atoms with Crippen LogP contribution in [-0.2, 0) is 10.0 Å². The Labute approximate surface area is 193 Å². The molecule has 3 aromatic rings. The van der Waals surface area contributed by atoms with Crippen LogP contribution in [0.2, 0.25) is 0 Å². The number of sulfonamides is 1. The molecule has 3 rings (SSSR count). The Morgan fingerprint density at radius 3 is 2.38 bits per heavy atom. The monoisotopic (exact) mass is 525 g/mol. The Kier molecular flexibility index (Phi) is 8.00. The average Bonchev–Trinajstić information content (AvgIpc) is 2.80. The molecule has 0 fully saturated rings. The molecule has 2 aromatic heterocycles. The highest BCUT2D eigenvalue weighted by Crippen LogP contribution is 2.39. The first-order valence-corrected chi connectivity index (χ1v) is 11.8. The summed E-state index contributed by atoms with van der Waals surface area (Å²) in [6, 6.07) is 7.04. The van der Waals surface area contributed by atoms with Crippen LogP contribution in [0, 0.1) is 0 Å². The average molecular weight is 526 g/mol. The zero-order valence-electron chi connectivity index (χ0n) is 17.2. The third kappa shape index (κ3) is 6.40. The molecule has 0 radical (unpaired) electrons. The second-order valence-corrected chi connectivity index (χ2v) is 8.92. The van der Waals surface area contributed by atoms with E-state index in [1.807, 2.05) is 0 Å². The van der Waals surface area contributed by atoms with Crippen LogP contribution < -0.4 is 23.7 Å². The second kappa shape index (κ2) is 10.9. The van der Waals surface area contributed by atoms with E-state index in [9.17, 15) is 8.42 Å². The SMILES string of the molecule is CCS(=O)(=O)Nc1ncnc(OCCOc2ncc(Br)cn2)c1Oc1ccccc1OC. The van der Waals surface area contributed by atoms with Crippen molar-refractivity contribution >= 4 is 31.8 Å². The summed E-state index contributed by atoms with van der Waals surface area (Å²) >= 11 is 3.24. The fourth-order valence-corrected chi connectivity index (χ4v) is 3.09. The highest BCUT2D eigenvalue weighted by atomic mass is 79.9. The maximum atomic E-state index is 12.1. The number of benzene rings is 1. The van der Waals surface area contributed by atoms with E-state index in [-0.39, 0.29) is 42.4 Å². The van der Waals surface area contributed by atoms with Crippen LogP contribution in [0.1, 0.15) is 6.92 Å². The van der Waals surface area contributed by atoms with Crippen LogP contribution in [0.4, 0.5) is 5.82 Å². The molecule has 0 bridgehead atoms. The lowest BCUT2D eigenvalue weighted by atomic mass is 10.3. The molecule has 11 nitrogen and oxygen atoms in total. The predicted octanol–water partition coefficient (Wildman–Crippen LogP) is 3.05. The number of para-hydroxylation sites is 2. The summed E-state index contributed by atoms with van der Waals surface area (Å²) in [5.41, 5.74) is 0. The van der Waals surface area contributed by atoms with Gasteiger partial charge in [-0.3, -0.25) is 4.72 Å². The molecule has 0 spiro atoms. The fraction of sp³-hybridized carbons (Fsp3) is 0.263. The van der Waals surface area contributed by atoms with Gasteiger partial charge in [0.2, 0.25) is 15.8 Å². The Bertz CT molecular complexity index is 1150. The number of anilines is 1. The molecular weight excluding hydrogens is 506 g/mol. The van der Waals surface area contributed by atoms with Crippen LogP contribution in [0.15, 0.2) is 47.5 Å². The summed E-state index contributed by atoms with van der Waals surface area (Å²) < 4.78 is 49.6. The van der Waals surface area contributed by atoms with E-state index in [4.69, 9.17) is 18.9 Å². The summed E-state index contributed by atoms with van der Waals surface area (Å²) in [6.45, 7) is 1.66. The highest BCUT2D eigenvalue weighted by molar-refractivity contribution is 9.10. The summed E-state index contributed by atoms with van der Waals surface area (Å²) in [4.78, 5) is 16.1. The first-order chi connectivity index (χ1) is 15.4. The minimum absolute atomic E-state index is 0.0139. The maximum Gasteiger partial charge on any atom is 0.316 e. The van der Waals surface area contributed by atoms with Crippen molar-refractivity contribution in [2.45, 2.75) is 6.92 Å². The quantitative estimate of drug-likeness (QED) is 0.372. The molecule has 0 saturated carbocycles. The van der Waals surface area contributed by atoms with Crippen molar-refractivity contribution in [1.82, 2.24) is 19.9 Å². The molecule has 0 saturated heterocycles. The fourth-order valence-electron chi connectivity index (χ4n) is 2.30. The van der Waals surface area contributed by atoms with Gasteiger partial charge in [0.05, 0.1) is 17.3 Å². The normalized spacial score (nSPS) is 11.0. The van der Waals surface area contributed by atoms with Crippen molar-refractivity contribution in [2.75, 3.05) is 30.8 Å². The van der Waals surface area contributed by atoms with Gasteiger partial charge >= 0.3 is 6.01 Å². The van der Waals surface area contributed by atoms with Gasteiger partial charge in [0, 0.05) is 12.4 Å². The molecule has 0 aliphatic carbocycles. The predicted molar refractivity (Wildman–Crippen MR) is 119 cm³/mol. The third-order valence-corrected chi connectivity index (χ3v) is 5.51. The van der Waals surface area contributed by atoms with Gasteiger partial charge in [-0.05, 0) is 35.0 Å². The van der Waals surface area contributed by atoms with Crippen molar-refractivity contribution < 1.29 is 27.4 Å². The molecule has 32 heavy (non-hydrogen) atoms. The van der Waals surface area contributed by atoms with Crippen molar-refractivity contribution in [3.8, 4) is 29.1 Å². The molecular formula is C19H20BrN5O6S. The summed E-state index contributed by atoms with van der Waals surface area (Å²) in [5.74, 6) is 0.532. The van der Waals surface area contributed by atoms with Gasteiger partial charge in [0.1, 0.15) is 19.5 Å². The van der Waals surface area contributed by atoms with Crippen molar-refractivity contribution in [1.29, 1.82) is 0 Å². The summed E-state index contributed by atoms with van der Waals surface area (Å²) in [6.07, 6.45) is 4.27. The molecule has 0 unspecified atom stereocenters.